The number of piperazine rings is 1. The molecule has 2 saturated heterocycles. The van der Waals surface area contributed by atoms with Gasteiger partial charge in [-0.1, -0.05) is 26.0 Å². The second kappa shape index (κ2) is 9.51. The van der Waals surface area contributed by atoms with Crippen LogP contribution < -0.4 is 5.32 Å². The summed E-state index contributed by atoms with van der Waals surface area (Å²) in [5, 5.41) is 3.46. The lowest BCUT2D eigenvalue weighted by Crippen LogP contribution is -2.50. The van der Waals surface area contributed by atoms with Gasteiger partial charge in [0, 0.05) is 32.7 Å². The maximum atomic E-state index is 12.9. The molecule has 0 radical (unpaired) electrons. The van der Waals surface area contributed by atoms with E-state index in [0.717, 1.165) is 32.7 Å². The third kappa shape index (κ3) is 5.20. The highest BCUT2D eigenvalue weighted by Crippen LogP contribution is 2.22. The first kappa shape index (κ1) is 21.6. The van der Waals surface area contributed by atoms with Gasteiger partial charge in [-0.15, -0.1) is 12.4 Å². The van der Waals surface area contributed by atoms with E-state index in [0.29, 0.717) is 29.8 Å². The Balaban J connectivity index is 0.00000243. The van der Waals surface area contributed by atoms with Gasteiger partial charge in [-0.2, -0.15) is 4.31 Å². The fourth-order valence-corrected chi connectivity index (χ4v) is 5.19. The molecule has 1 aromatic rings. The van der Waals surface area contributed by atoms with E-state index in [9.17, 15) is 8.42 Å². The van der Waals surface area contributed by atoms with Crippen molar-refractivity contribution < 1.29 is 8.42 Å². The van der Waals surface area contributed by atoms with Gasteiger partial charge in [0.2, 0.25) is 10.0 Å². The van der Waals surface area contributed by atoms with Crippen LogP contribution in [0.5, 0.6) is 0 Å². The van der Waals surface area contributed by atoms with Crippen LogP contribution in [0.15, 0.2) is 29.2 Å². The third-order valence-electron chi connectivity index (χ3n) is 5.43. The molecule has 0 aromatic heterocycles. The van der Waals surface area contributed by atoms with Crippen LogP contribution >= 0.6 is 12.4 Å². The molecular formula is C19H32ClN3O2S. The third-order valence-corrected chi connectivity index (χ3v) is 7.34. The highest BCUT2D eigenvalue weighted by molar-refractivity contribution is 7.89. The zero-order valence-electron chi connectivity index (χ0n) is 15.9. The number of piperidine rings is 1. The molecule has 1 aromatic carbocycles. The fourth-order valence-electron chi connectivity index (χ4n) is 3.77. The summed E-state index contributed by atoms with van der Waals surface area (Å²) in [7, 11) is -3.37. The molecule has 2 aliphatic rings. The smallest absolute Gasteiger partial charge is 0.243 e. The van der Waals surface area contributed by atoms with E-state index in [2.05, 4.69) is 24.1 Å². The van der Waals surface area contributed by atoms with Crippen molar-refractivity contribution in [3.8, 4) is 0 Å². The van der Waals surface area contributed by atoms with E-state index in [1.54, 1.807) is 16.4 Å². The monoisotopic (exact) mass is 401 g/mol. The lowest BCUT2D eigenvalue weighted by atomic mass is 9.99. The highest BCUT2D eigenvalue weighted by Gasteiger charge is 2.29. The quantitative estimate of drug-likeness (QED) is 0.823. The molecule has 5 nitrogen and oxygen atoms in total. The van der Waals surface area contributed by atoms with E-state index in [4.69, 9.17) is 0 Å². The van der Waals surface area contributed by atoms with Crippen molar-refractivity contribution in [2.45, 2.75) is 37.5 Å². The van der Waals surface area contributed by atoms with Gasteiger partial charge in [-0.05, 0) is 55.5 Å². The standard InChI is InChI=1S/C19H31N3O2S.ClH/c1-16(2)18-5-7-19(8-6-18)25(23,24)22-12-10-21(11-13-22)15-17-4-3-9-20-14-17;/h5-8,16-17,20H,3-4,9-15H2,1-2H3;1H. The predicted octanol–water partition coefficient (Wildman–Crippen LogP) is 2.54. The zero-order valence-corrected chi connectivity index (χ0v) is 17.5. The van der Waals surface area contributed by atoms with Crippen molar-refractivity contribution in [1.82, 2.24) is 14.5 Å². The SMILES string of the molecule is CC(C)c1ccc(S(=O)(=O)N2CCN(CC3CCCNC3)CC2)cc1.Cl. The molecule has 26 heavy (non-hydrogen) atoms. The predicted molar refractivity (Wildman–Crippen MR) is 109 cm³/mol. The van der Waals surface area contributed by atoms with Crippen molar-refractivity contribution in [2.75, 3.05) is 45.8 Å². The summed E-state index contributed by atoms with van der Waals surface area (Å²) in [6.07, 6.45) is 2.54. The molecular weight excluding hydrogens is 370 g/mol. The number of nitrogens with zero attached hydrogens (tertiary/aromatic N) is 2. The normalized spacial score (nSPS) is 23.0. The molecule has 0 saturated carbocycles. The first-order chi connectivity index (χ1) is 12.0. The molecule has 2 fully saturated rings. The topological polar surface area (TPSA) is 52.7 Å². The van der Waals surface area contributed by atoms with Crippen molar-refractivity contribution >= 4 is 22.4 Å². The first-order valence-corrected chi connectivity index (χ1v) is 10.9. The van der Waals surface area contributed by atoms with Crippen LogP contribution in [0.1, 0.15) is 38.2 Å². The summed E-state index contributed by atoms with van der Waals surface area (Å²) in [4.78, 5) is 2.84. The molecule has 2 aliphatic heterocycles. The molecule has 7 heteroatoms. The molecule has 1 atom stereocenters. The fraction of sp³-hybridized carbons (Fsp3) is 0.684. The maximum Gasteiger partial charge on any atom is 0.243 e. The first-order valence-electron chi connectivity index (χ1n) is 9.50. The molecule has 1 unspecified atom stereocenters. The Morgan fingerprint density at radius 1 is 1.12 bits per heavy atom. The van der Waals surface area contributed by atoms with E-state index < -0.39 is 10.0 Å². The van der Waals surface area contributed by atoms with Crippen LogP contribution in [0.2, 0.25) is 0 Å². The molecule has 3 rings (SSSR count). The number of hydrogen-bond donors (Lipinski definition) is 1. The van der Waals surface area contributed by atoms with E-state index in [1.165, 1.54) is 18.4 Å². The zero-order chi connectivity index (χ0) is 17.9. The van der Waals surface area contributed by atoms with Gasteiger partial charge in [0.25, 0.3) is 0 Å². The number of sulfonamides is 1. The largest absolute Gasteiger partial charge is 0.316 e. The Hall–Kier alpha value is -0.660. The Kier molecular flexibility index (Phi) is 7.91. The lowest BCUT2D eigenvalue weighted by molar-refractivity contribution is 0.154. The Morgan fingerprint density at radius 2 is 1.77 bits per heavy atom. The Morgan fingerprint density at radius 3 is 2.31 bits per heavy atom. The summed E-state index contributed by atoms with van der Waals surface area (Å²) < 4.78 is 27.4. The molecule has 1 N–H and O–H groups in total. The number of hydrogen-bond acceptors (Lipinski definition) is 4. The molecule has 0 aliphatic carbocycles. The van der Waals surface area contributed by atoms with Gasteiger partial charge in [0.1, 0.15) is 0 Å². The Bertz CT molecular complexity index is 650. The van der Waals surface area contributed by atoms with E-state index in [-0.39, 0.29) is 12.4 Å². The van der Waals surface area contributed by atoms with E-state index >= 15 is 0 Å². The maximum absolute atomic E-state index is 12.9. The lowest BCUT2D eigenvalue weighted by Gasteiger charge is -2.36. The van der Waals surface area contributed by atoms with Gasteiger partial charge >= 0.3 is 0 Å². The van der Waals surface area contributed by atoms with Crippen LogP contribution in [0.25, 0.3) is 0 Å². The van der Waals surface area contributed by atoms with Gasteiger partial charge in [0.05, 0.1) is 4.90 Å². The number of halogens is 1. The molecule has 0 amide bonds. The second-order valence-electron chi connectivity index (χ2n) is 7.64. The number of rotatable bonds is 5. The number of benzene rings is 1. The van der Waals surface area contributed by atoms with E-state index in [1.807, 2.05) is 12.1 Å². The highest BCUT2D eigenvalue weighted by atomic mass is 35.5. The van der Waals surface area contributed by atoms with Crippen LogP contribution in [-0.2, 0) is 10.0 Å². The minimum absolute atomic E-state index is 0. The van der Waals surface area contributed by atoms with Crippen molar-refractivity contribution in [2.24, 2.45) is 5.92 Å². The average Bonchev–Trinajstić information content (AvgIpc) is 2.63. The van der Waals surface area contributed by atoms with Crippen molar-refractivity contribution in [3.63, 3.8) is 0 Å². The summed E-state index contributed by atoms with van der Waals surface area (Å²) in [6, 6.07) is 7.38. The van der Waals surface area contributed by atoms with Gasteiger partial charge in [0.15, 0.2) is 0 Å². The van der Waals surface area contributed by atoms with Gasteiger partial charge in [-0.25, -0.2) is 8.42 Å². The second-order valence-corrected chi connectivity index (χ2v) is 9.58. The number of nitrogens with one attached hydrogen (secondary N) is 1. The van der Waals surface area contributed by atoms with Crippen LogP contribution in [-0.4, -0.2) is 63.4 Å². The summed E-state index contributed by atoms with van der Waals surface area (Å²) >= 11 is 0. The minimum atomic E-state index is -3.37. The average molecular weight is 402 g/mol. The van der Waals surface area contributed by atoms with Crippen molar-refractivity contribution in [1.29, 1.82) is 0 Å². The molecule has 148 valence electrons. The molecule has 0 bridgehead atoms. The summed E-state index contributed by atoms with van der Waals surface area (Å²) in [6.45, 7) is 10.4. The molecule has 2 heterocycles. The van der Waals surface area contributed by atoms with Crippen molar-refractivity contribution in [3.05, 3.63) is 29.8 Å². The summed E-state index contributed by atoms with van der Waals surface area (Å²) in [5.74, 6) is 1.12. The Labute approximate surface area is 164 Å². The minimum Gasteiger partial charge on any atom is -0.316 e. The van der Waals surface area contributed by atoms with Gasteiger partial charge < -0.3 is 10.2 Å². The molecule has 0 spiro atoms. The van der Waals surface area contributed by atoms with Gasteiger partial charge in [-0.3, -0.25) is 0 Å². The van der Waals surface area contributed by atoms with Crippen LogP contribution in [0, 0.1) is 5.92 Å². The summed E-state index contributed by atoms with van der Waals surface area (Å²) in [5.41, 5.74) is 1.17. The van der Waals surface area contributed by atoms with Crippen LogP contribution in [0.3, 0.4) is 0 Å². The van der Waals surface area contributed by atoms with Crippen LogP contribution in [0.4, 0.5) is 0 Å².